The molecule has 0 saturated heterocycles. The van der Waals surface area contributed by atoms with Crippen molar-refractivity contribution in [2.45, 2.75) is 19.4 Å². The largest absolute Gasteiger partial charge is 0.497 e. The first-order chi connectivity index (χ1) is 11.8. The molecule has 0 saturated carbocycles. The first-order valence-corrected chi connectivity index (χ1v) is 8.33. The Labute approximate surface area is 139 Å². The molecule has 0 unspecified atom stereocenters. The SMILES string of the molecule is COc1ccc2cc3c4c(c2c1)c1ccccc1c(=O)n4CCC3. The fourth-order valence-electron chi connectivity index (χ4n) is 4.10. The lowest BCUT2D eigenvalue weighted by molar-refractivity contribution is 0.415. The number of methoxy groups -OCH3 is 1. The molecule has 3 heteroatoms. The summed E-state index contributed by atoms with van der Waals surface area (Å²) in [5.74, 6) is 0.843. The van der Waals surface area contributed by atoms with Crippen molar-refractivity contribution in [1.82, 2.24) is 4.57 Å². The average molecular weight is 315 g/mol. The van der Waals surface area contributed by atoms with Crippen LogP contribution in [0.1, 0.15) is 12.0 Å². The molecule has 1 aromatic heterocycles. The first-order valence-electron chi connectivity index (χ1n) is 8.33. The highest BCUT2D eigenvalue weighted by Gasteiger charge is 2.19. The average Bonchev–Trinajstić information content (AvgIpc) is 2.64. The Hall–Kier alpha value is -2.81. The summed E-state index contributed by atoms with van der Waals surface area (Å²) in [7, 11) is 1.69. The Kier molecular flexibility index (Phi) is 2.75. The Morgan fingerprint density at radius 1 is 1.00 bits per heavy atom. The van der Waals surface area contributed by atoms with Crippen LogP contribution in [0.15, 0.2) is 53.3 Å². The van der Waals surface area contributed by atoms with Gasteiger partial charge in [0, 0.05) is 17.3 Å². The van der Waals surface area contributed by atoms with E-state index in [1.165, 1.54) is 16.3 Å². The Morgan fingerprint density at radius 2 is 1.83 bits per heavy atom. The molecule has 2 heterocycles. The third kappa shape index (κ3) is 1.70. The van der Waals surface area contributed by atoms with E-state index in [0.717, 1.165) is 46.8 Å². The summed E-state index contributed by atoms with van der Waals surface area (Å²) in [5, 5.41) is 5.37. The predicted octanol–water partition coefficient (Wildman–Crippen LogP) is 4.26. The molecule has 1 aliphatic rings. The van der Waals surface area contributed by atoms with Crippen LogP contribution in [0.25, 0.3) is 32.4 Å². The maximum absolute atomic E-state index is 13.0. The Balaban J connectivity index is 2.15. The smallest absolute Gasteiger partial charge is 0.258 e. The van der Waals surface area contributed by atoms with Crippen LogP contribution in [0.5, 0.6) is 5.75 Å². The molecular formula is C21H17NO2. The quantitative estimate of drug-likeness (QED) is 0.491. The first kappa shape index (κ1) is 13.6. The van der Waals surface area contributed by atoms with Gasteiger partial charge in [-0.2, -0.15) is 0 Å². The lowest BCUT2D eigenvalue weighted by Gasteiger charge is -2.22. The van der Waals surface area contributed by atoms with Crippen molar-refractivity contribution in [3.8, 4) is 5.75 Å². The van der Waals surface area contributed by atoms with Crippen LogP contribution in [0.4, 0.5) is 0 Å². The van der Waals surface area contributed by atoms with Gasteiger partial charge in [-0.25, -0.2) is 0 Å². The molecule has 0 amide bonds. The number of aryl methyl sites for hydroxylation is 2. The molecule has 118 valence electrons. The highest BCUT2D eigenvalue weighted by molar-refractivity contribution is 6.20. The standard InChI is InChI=1S/C21H17NO2/c1-24-15-9-8-13-11-14-5-4-10-22-20(14)19(18(13)12-15)16-6-2-3-7-17(16)21(22)23/h2-3,6-9,11-12H,4-5,10H2,1H3. The zero-order valence-corrected chi connectivity index (χ0v) is 13.5. The Morgan fingerprint density at radius 3 is 2.67 bits per heavy atom. The lowest BCUT2D eigenvalue weighted by atomic mass is 9.92. The summed E-state index contributed by atoms with van der Waals surface area (Å²) < 4.78 is 7.41. The third-order valence-corrected chi connectivity index (χ3v) is 5.17. The van der Waals surface area contributed by atoms with Crippen molar-refractivity contribution in [1.29, 1.82) is 0 Å². The van der Waals surface area contributed by atoms with Crippen molar-refractivity contribution >= 4 is 32.4 Å². The fourth-order valence-corrected chi connectivity index (χ4v) is 4.10. The van der Waals surface area contributed by atoms with Crippen LogP contribution in [0.2, 0.25) is 0 Å². The van der Waals surface area contributed by atoms with Crippen LogP contribution < -0.4 is 10.3 Å². The van der Waals surface area contributed by atoms with Gasteiger partial charge in [0.1, 0.15) is 5.75 Å². The van der Waals surface area contributed by atoms with Crippen LogP contribution in [-0.4, -0.2) is 11.7 Å². The van der Waals surface area contributed by atoms with Gasteiger partial charge in [0.15, 0.2) is 0 Å². The predicted molar refractivity (Wildman–Crippen MR) is 98.1 cm³/mol. The minimum atomic E-state index is 0.126. The van der Waals surface area contributed by atoms with E-state index in [9.17, 15) is 4.79 Å². The number of rotatable bonds is 1. The van der Waals surface area contributed by atoms with Crippen molar-refractivity contribution in [2.24, 2.45) is 0 Å². The summed E-state index contributed by atoms with van der Waals surface area (Å²) in [6, 6.07) is 16.4. The molecule has 3 aromatic carbocycles. The third-order valence-electron chi connectivity index (χ3n) is 5.17. The van der Waals surface area contributed by atoms with Gasteiger partial charge < -0.3 is 9.30 Å². The van der Waals surface area contributed by atoms with E-state index in [-0.39, 0.29) is 5.56 Å². The molecule has 0 radical (unpaired) electrons. The number of hydrogen-bond acceptors (Lipinski definition) is 2. The molecule has 0 fully saturated rings. The maximum Gasteiger partial charge on any atom is 0.258 e. The summed E-state index contributed by atoms with van der Waals surface area (Å²) in [6.45, 7) is 0.794. The number of hydrogen-bond donors (Lipinski definition) is 0. The van der Waals surface area contributed by atoms with E-state index in [4.69, 9.17) is 4.74 Å². The van der Waals surface area contributed by atoms with E-state index in [1.54, 1.807) is 7.11 Å². The monoisotopic (exact) mass is 315 g/mol. The minimum absolute atomic E-state index is 0.126. The molecule has 0 atom stereocenters. The van der Waals surface area contributed by atoms with Crippen LogP contribution in [0.3, 0.4) is 0 Å². The molecule has 5 rings (SSSR count). The molecule has 0 aliphatic carbocycles. The van der Waals surface area contributed by atoms with Gasteiger partial charge in [0.2, 0.25) is 0 Å². The molecule has 0 spiro atoms. The number of ether oxygens (including phenoxy) is 1. The van der Waals surface area contributed by atoms with Gasteiger partial charge in [-0.15, -0.1) is 0 Å². The summed E-state index contributed by atoms with van der Waals surface area (Å²) in [6.07, 6.45) is 2.04. The normalized spacial score (nSPS) is 13.7. The van der Waals surface area contributed by atoms with Crippen LogP contribution in [0, 0.1) is 0 Å². The fraction of sp³-hybridized carbons (Fsp3) is 0.190. The Bertz CT molecular complexity index is 1190. The van der Waals surface area contributed by atoms with Gasteiger partial charge in [-0.3, -0.25) is 4.79 Å². The van der Waals surface area contributed by atoms with E-state index in [0.29, 0.717) is 0 Å². The van der Waals surface area contributed by atoms with Crippen molar-refractivity contribution in [3.05, 3.63) is 64.4 Å². The number of pyridine rings is 1. The second kappa shape index (κ2) is 4.84. The summed E-state index contributed by atoms with van der Waals surface area (Å²) in [5.41, 5.74) is 2.50. The van der Waals surface area contributed by atoms with E-state index in [1.807, 2.05) is 28.8 Å². The van der Waals surface area contributed by atoms with Crippen molar-refractivity contribution < 1.29 is 4.74 Å². The topological polar surface area (TPSA) is 31.2 Å². The molecule has 1 aliphatic heterocycles. The molecule has 0 N–H and O–H groups in total. The van der Waals surface area contributed by atoms with Crippen molar-refractivity contribution in [2.75, 3.05) is 7.11 Å². The molecule has 4 aromatic rings. The minimum Gasteiger partial charge on any atom is -0.497 e. The highest BCUT2D eigenvalue weighted by Crippen LogP contribution is 2.36. The molecular weight excluding hydrogens is 298 g/mol. The molecule has 0 bridgehead atoms. The zero-order chi connectivity index (χ0) is 16.3. The second-order valence-electron chi connectivity index (χ2n) is 6.45. The molecule has 3 nitrogen and oxygen atoms in total. The second-order valence-corrected chi connectivity index (χ2v) is 6.45. The van der Waals surface area contributed by atoms with Gasteiger partial charge in [-0.05, 0) is 58.8 Å². The van der Waals surface area contributed by atoms with Crippen molar-refractivity contribution in [3.63, 3.8) is 0 Å². The number of fused-ring (bicyclic) bond motifs is 4. The van der Waals surface area contributed by atoms with Gasteiger partial charge in [-0.1, -0.05) is 24.3 Å². The number of aromatic nitrogens is 1. The van der Waals surface area contributed by atoms with Gasteiger partial charge in [0.05, 0.1) is 12.6 Å². The van der Waals surface area contributed by atoms with E-state index < -0.39 is 0 Å². The molecule has 24 heavy (non-hydrogen) atoms. The van der Waals surface area contributed by atoms with Gasteiger partial charge in [0.25, 0.3) is 5.56 Å². The highest BCUT2D eigenvalue weighted by atomic mass is 16.5. The zero-order valence-electron chi connectivity index (χ0n) is 13.5. The van der Waals surface area contributed by atoms with Crippen LogP contribution in [-0.2, 0) is 13.0 Å². The number of benzene rings is 3. The number of nitrogens with zero attached hydrogens (tertiary/aromatic N) is 1. The van der Waals surface area contributed by atoms with E-state index in [2.05, 4.69) is 24.3 Å². The lowest BCUT2D eigenvalue weighted by Crippen LogP contribution is -2.24. The maximum atomic E-state index is 13.0. The summed E-state index contributed by atoms with van der Waals surface area (Å²) >= 11 is 0. The summed E-state index contributed by atoms with van der Waals surface area (Å²) in [4.78, 5) is 13.0. The van der Waals surface area contributed by atoms with Crippen LogP contribution >= 0.6 is 0 Å². The van der Waals surface area contributed by atoms with Gasteiger partial charge >= 0.3 is 0 Å². The van der Waals surface area contributed by atoms with E-state index >= 15 is 0 Å².